The Morgan fingerprint density at radius 2 is 1.28 bits per heavy atom. The van der Waals surface area contributed by atoms with Crippen molar-refractivity contribution in [2.24, 2.45) is 5.92 Å². The van der Waals surface area contributed by atoms with Gasteiger partial charge in [-0.2, -0.15) is 0 Å². The lowest BCUT2D eigenvalue weighted by atomic mass is 10.0. The van der Waals surface area contributed by atoms with Gasteiger partial charge in [-0.3, -0.25) is 19.5 Å². The summed E-state index contributed by atoms with van der Waals surface area (Å²) in [6.45, 7) is 5.86. The molecule has 9 nitrogen and oxygen atoms in total. The Balaban J connectivity index is 1.78. The van der Waals surface area contributed by atoms with Gasteiger partial charge in [0.1, 0.15) is 17.6 Å². The molecule has 0 spiro atoms. The molecule has 232 valence electrons. The molecule has 0 unspecified atom stereocenters. The van der Waals surface area contributed by atoms with Crippen molar-refractivity contribution >= 4 is 19.4 Å². The lowest BCUT2D eigenvalue weighted by molar-refractivity contribution is -0.130. The highest BCUT2D eigenvalue weighted by atomic mass is 31.2. The number of carbonyl (C=O) groups is 2. The Labute approximate surface area is 255 Å². The van der Waals surface area contributed by atoms with E-state index in [-0.39, 0.29) is 37.4 Å². The summed E-state index contributed by atoms with van der Waals surface area (Å²) in [7, 11) is -0.662. The second kappa shape index (κ2) is 17.0. The van der Waals surface area contributed by atoms with Gasteiger partial charge in [0.2, 0.25) is 11.8 Å². The third-order valence-electron chi connectivity index (χ3n) is 6.93. The van der Waals surface area contributed by atoms with E-state index in [4.69, 9.17) is 13.8 Å². The van der Waals surface area contributed by atoms with Crippen molar-refractivity contribution in [1.29, 1.82) is 0 Å². The van der Waals surface area contributed by atoms with Gasteiger partial charge in [-0.15, -0.1) is 0 Å². The molecule has 43 heavy (non-hydrogen) atoms. The van der Waals surface area contributed by atoms with Crippen molar-refractivity contribution in [1.82, 2.24) is 16.0 Å². The Morgan fingerprint density at radius 3 is 1.74 bits per heavy atom. The summed E-state index contributed by atoms with van der Waals surface area (Å²) in [5.74, 6) is -0.684. The van der Waals surface area contributed by atoms with E-state index in [1.165, 1.54) is 7.05 Å². The number of rotatable bonds is 17. The summed E-state index contributed by atoms with van der Waals surface area (Å²) in [5.41, 5.74) is 2.56. The summed E-state index contributed by atoms with van der Waals surface area (Å²) in [4.78, 5) is 26.5. The molecule has 0 heterocycles. The van der Waals surface area contributed by atoms with Gasteiger partial charge in [0, 0.05) is 13.5 Å². The monoisotopic (exact) mass is 609 g/mol. The fraction of sp³-hybridized carbons (Fsp3) is 0.394. The van der Waals surface area contributed by atoms with E-state index in [0.29, 0.717) is 12.2 Å². The average molecular weight is 610 g/mol. The molecule has 0 fully saturated rings. The van der Waals surface area contributed by atoms with E-state index in [2.05, 4.69) is 16.0 Å². The third-order valence-corrected chi connectivity index (χ3v) is 9.00. The van der Waals surface area contributed by atoms with Crippen LogP contribution in [0.15, 0.2) is 84.9 Å². The first kappa shape index (κ1) is 34.0. The average Bonchev–Trinajstić information content (AvgIpc) is 3.02. The molecule has 0 aromatic heterocycles. The van der Waals surface area contributed by atoms with Crippen LogP contribution in [0.2, 0.25) is 0 Å². The largest absolute Gasteiger partial charge is 0.497 e. The highest BCUT2D eigenvalue weighted by molar-refractivity contribution is 7.54. The fourth-order valence-corrected chi connectivity index (χ4v) is 6.04. The number of hydrogen-bond acceptors (Lipinski definition) is 7. The Hall–Kier alpha value is -3.49. The van der Waals surface area contributed by atoms with E-state index in [9.17, 15) is 14.2 Å². The van der Waals surface area contributed by atoms with Crippen molar-refractivity contribution in [3.05, 3.63) is 102 Å². The summed E-state index contributed by atoms with van der Waals surface area (Å²) < 4.78 is 31.5. The molecule has 0 aliphatic heterocycles. The molecule has 0 bridgehead atoms. The van der Waals surface area contributed by atoms with Crippen LogP contribution >= 0.6 is 7.60 Å². The lowest BCUT2D eigenvalue weighted by Crippen LogP contribution is -2.54. The van der Waals surface area contributed by atoms with E-state index in [0.717, 1.165) is 16.7 Å². The minimum atomic E-state index is -3.78. The van der Waals surface area contributed by atoms with Crippen LogP contribution in [0.4, 0.5) is 0 Å². The van der Waals surface area contributed by atoms with Gasteiger partial charge in [0.05, 0.1) is 26.4 Å². The summed E-state index contributed by atoms with van der Waals surface area (Å²) in [6.07, 6.45) is 0.731. The maximum absolute atomic E-state index is 14.3. The van der Waals surface area contributed by atoms with Gasteiger partial charge in [-0.25, -0.2) is 0 Å². The van der Waals surface area contributed by atoms with Crippen LogP contribution in [0, 0.1) is 5.92 Å². The number of methoxy groups -OCH3 is 1. The SMILES string of the molecule is CNC(=O)[C@H](Cc1ccc(OC)cc1)NC(=O)[C@H](CC(C)C)N[C@H](C)P(=O)(OCc1ccccc1)OCc1ccccc1. The number of ether oxygens (including phenoxy) is 1. The predicted octanol–water partition coefficient (Wildman–Crippen LogP) is 5.45. The number of hydrogen-bond donors (Lipinski definition) is 3. The third kappa shape index (κ3) is 10.9. The lowest BCUT2D eigenvalue weighted by Gasteiger charge is -2.30. The van der Waals surface area contributed by atoms with Crippen LogP contribution in [-0.2, 0) is 42.8 Å². The number of likely N-dealkylation sites (N-methyl/N-ethyl adjacent to an activating group) is 1. The molecule has 10 heteroatoms. The van der Waals surface area contributed by atoms with E-state index in [1.54, 1.807) is 14.0 Å². The van der Waals surface area contributed by atoms with Crippen molar-refractivity contribution in [3.8, 4) is 5.75 Å². The first-order chi connectivity index (χ1) is 20.6. The number of benzene rings is 3. The van der Waals surface area contributed by atoms with Crippen LogP contribution in [0.1, 0.15) is 43.9 Å². The highest BCUT2D eigenvalue weighted by Gasteiger charge is 2.37. The van der Waals surface area contributed by atoms with Gasteiger partial charge in [-0.1, -0.05) is 86.6 Å². The van der Waals surface area contributed by atoms with Crippen molar-refractivity contribution in [2.75, 3.05) is 14.2 Å². The topological polar surface area (TPSA) is 115 Å². The zero-order chi connectivity index (χ0) is 31.2. The molecular weight excluding hydrogens is 565 g/mol. The molecule has 3 aromatic carbocycles. The molecule has 0 aliphatic rings. The number of amides is 2. The normalized spacial score (nSPS) is 13.6. The molecule has 3 aromatic rings. The van der Waals surface area contributed by atoms with Gasteiger partial charge < -0.3 is 24.4 Å². The van der Waals surface area contributed by atoms with Crippen molar-refractivity contribution < 1.29 is 27.9 Å². The smallest absolute Gasteiger partial charge is 0.347 e. The number of nitrogens with one attached hydrogen (secondary N) is 3. The predicted molar refractivity (Wildman–Crippen MR) is 169 cm³/mol. The molecule has 3 rings (SSSR count). The van der Waals surface area contributed by atoms with Crippen LogP contribution < -0.4 is 20.7 Å². The van der Waals surface area contributed by atoms with Crippen molar-refractivity contribution in [3.63, 3.8) is 0 Å². The van der Waals surface area contributed by atoms with Crippen LogP contribution in [-0.4, -0.2) is 43.8 Å². The minimum absolute atomic E-state index is 0.0839. The first-order valence-electron chi connectivity index (χ1n) is 14.5. The molecule has 0 saturated heterocycles. The Morgan fingerprint density at radius 1 is 0.744 bits per heavy atom. The second-order valence-electron chi connectivity index (χ2n) is 10.8. The zero-order valence-corrected chi connectivity index (χ0v) is 26.5. The van der Waals surface area contributed by atoms with Gasteiger partial charge >= 0.3 is 7.60 Å². The Bertz CT molecular complexity index is 1270. The Kier molecular flexibility index (Phi) is 13.4. The summed E-state index contributed by atoms with van der Waals surface area (Å²) in [5, 5.41) is 8.78. The van der Waals surface area contributed by atoms with E-state index < -0.39 is 25.5 Å². The van der Waals surface area contributed by atoms with Gasteiger partial charge in [0.15, 0.2) is 0 Å². The van der Waals surface area contributed by atoms with Crippen LogP contribution in [0.3, 0.4) is 0 Å². The molecule has 2 amide bonds. The maximum Gasteiger partial charge on any atom is 0.347 e. The molecule has 0 aliphatic carbocycles. The maximum atomic E-state index is 14.3. The van der Waals surface area contributed by atoms with Gasteiger partial charge in [0.25, 0.3) is 0 Å². The zero-order valence-electron chi connectivity index (χ0n) is 25.6. The van der Waals surface area contributed by atoms with Crippen LogP contribution in [0.5, 0.6) is 5.75 Å². The van der Waals surface area contributed by atoms with Crippen LogP contribution in [0.25, 0.3) is 0 Å². The van der Waals surface area contributed by atoms with Gasteiger partial charge in [-0.05, 0) is 48.1 Å². The number of carbonyl (C=O) groups excluding carboxylic acids is 2. The molecule has 0 saturated carbocycles. The summed E-state index contributed by atoms with van der Waals surface area (Å²) >= 11 is 0. The quantitative estimate of drug-likeness (QED) is 0.175. The van der Waals surface area contributed by atoms with Crippen molar-refractivity contribution in [2.45, 2.75) is 64.7 Å². The minimum Gasteiger partial charge on any atom is -0.497 e. The highest BCUT2D eigenvalue weighted by Crippen LogP contribution is 2.53. The molecule has 3 atom stereocenters. The van der Waals surface area contributed by atoms with E-state index in [1.807, 2.05) is 98.8 Å². The molecule has 0 radical (unpaired) electrons. The molecular formula is C33H44N3O6P. The first-order valence-corrected chi connectivity index (χ1v) is 16.1. The second-order valence-corrected chi connectivity index (χ2v) is 13.2. The van der Waals surface area contributed by atoms with E-state index >= 15 is 0 Å². The fourth-order valence-electron chi connectivity index (χ4n) is 4.50. The summed E-state index contributed by atoms with van der Waals surface area (Å²) in [6, 6.07) is 24.6. The standard InChI is InChI=1S/C33H44N3O6P/c1-24(2)20-30(33(38)36-31(32(37)34-4)21-26-16-18-29(40-5)19-17-26)35-25(3)43(39,41-22-27-12-8-6-9-13-27)42-23-28-14-10-7-11-15-28/h6-19,24-25,30-31,35H,20-23H2,1-5H3,(H,34,37)(H,36,38)/t25-,30-,31-/m0/s1. The molecule has 3 N–H and O–H groups in total.